The monoisotopic (exact) mass is 306 g/mol. The number of hydrogen-bond acceptors (Lipinski definition) is 3. The van der Waals surface area contributed by atoms with Crippen LogP contribution in [0.3, 0.4) is 0 Å². The van der Waals surface area contributed by atoms with Crippen molar-refractivity contribution in [3.05, 3.63) is 18.2 Å². The van der Waals surface area contributed by atoms with Gasteiger partial charge < -0.3 is 19.5 Å². The fourth-order valence-corrected chi connectivity index (χ4v) is 3.42. The smallest absolute Gasteiger partial charge is 0.318 e. The quantitative estimate of drug-likeness (QED) is 0.925. The van der Waals surface area contributed by atoms with Crippen LogP contribution in [0.4, 0.5) is 4.79 Å². The van der Waals surface area contributed by atoms with Crippen LogP contribution >= 0.6 is 0 Å². The number of rotatable bonds is 4. The molecular weight excluding hydrogens is 280 g/mol. The molecule has 1 aromatic heterocycles. The van der Waals surface area contributed by atoms with Gasteiger partial charge in [0.1, 0.15) is 5.82 Å². The predicted molar refractivity (Wildman–Crippen MR) is 83.4 cm³/mol. The molecule has 0 aromatic carbocycles. The zero-order chi connectivity index (χ0) is 15.4. The molecule has 1 fully saturated rings. The van der Waals surface area contributed by atoms with Crippen molar-refractivity contribution in [3.63, 3.8) is 0 Å². The highest BCUT2D eigenvalue weighted by Gasteiger charge is 2.27. The molecule has 1 aliphatic carbocycles. The van der Waals surface area contributed by atoms with Gasteiger partial charge in [0, 0.05) is 44.0 Å². The molecule has 122 valence electrons. The second-order valence-electron chi connectivity index (χ2n) is 6.33. The lowest BCUT2D eigenvalue weighted by Gasteiger charge is -2.26. The van der Waals surface area contributed by atoms with Gasteiger partial charge in [-0.15, -0.1) is 0 Å². The van der Waals surface area contributed by atoms with Gasteiger partial charge in [0.15, 0.2) is 0 Å². The lowest BCUT2D eigenvalue weighted by Crippen LogP contribution is -2.45. The van der Waals surface area contributed by atoms with Crippen molar-refractivity contribution in [3.8, 4) is 0 Å². The Labute approximate surface area is 131 Å². The molecule has 1 atom stereocenters. The number of nitrogens with zero attached hydrogens (tertiary/aromatic N) is 3. The predicted octanol–water partition coefficient (Wildman–Crippen LogP) is 2.00. The van der Waals surface area contributed by atoms with E-state index in [1.165, 1.54) is 12.8 Å². The van der Waals surface area contributed by atoms with Gasteiger partial charge >= 0.3 is 6.03 Å². The number of fused-ring (bicyclic) bond motifs is 1. The van der Waals surface area contributed by atoms with Gasteiger partial charge in [-0.25, -0.2) is 9.78 Å². The van der Waals surface area contributed by atoms with Crippen LogP contribution in [0, 0.1) is 5.92 Å². The number of carbonyl (C=O) groups excluding carboxylic acids is 1. The van der Waals surface area contributed by atoms with Crippen LogP contribution in [0.5, 0.6) is 0 Å². The number of ether oxygens (including phenoxy) is 1. The molecule has 0 spiro atoms. The highest BCUT2D eigenvalue weighted by atomic mass is 16.5. The van der Waals surface area contributed by atoms with E-state index in [4.69, 9.17) is 4.74 Å². The summed E-state index contributed by atoms with van der Waals surface area (Å²) < 4.78 is 7.73. The van der Waals surface area contributed by atoms with Gasteiger partial charge in [-0.3, -0.25) is 0 Å². The number of carbonyl (C=O) groups is 1. The molecule has 2 heterocycles. The van der Waals surface area contributed by atoms with Crippen LogP contribution in [0.2, 0.25) is 0 Å². The van der Waals surface area contributed by atoms with Gasteiger partial charge in [-0.2, -0.15) is 0 Å². The van der Waals surface area contributed by atoms with Crippen molar-refractivity contribution in [1.82, 2.24) is 19.8 Å². The van der Waals surface area contributed by atoms with Crippen molar-refractivity contribution in [1.29, 1.82) is 0 Å². The van der Waals surface area contributed by atoms with Crippen LogP contribution in [0.15, 0.2) is 12.4 Å². The fraction of sp³-hybridized carbons (Fsp3) is 0.750. The van der Waals surface area contributed by atoms with E-state index in [2.05, 4.69) is 14.9 Å². The maximum atomic E-state index is 12.6. The van der Waals surface area contributed by atoms with Crippen LogP contribution in [0.25, 0.3) is 0 Å². The summed E-state index contributed by atoms with van der Waals surface area (Å²) in [5.74, 6) is 1.27. The zero-order valence-corrected chi connectivity index (χ0v) is 13.3. The molecule has 1 N–H and O–H groups in total. The minimum absolute atomic E-state index is 0.0462. The second-order valence-corrected chi connectivity index (χ2v) is 6.33. The summed E-state index contributed by atoms with van der Waals surface area (Å²) in [7, 11) is 0. The third kappa shape index (κ3) is 3.61. The number of urea groups is 1. The Morgan fingerprint density at radius 2 is 2.23 bits per heavy atom. The highest BCUT2D eigenvalue weighted by molar-refractivity contribution is 5.74. The molecule has 6 nitrogen and oxygen atoms in total. The minimum Gasteiger partial charge on any atom is -0.381 e. The van der Waals surface area contributed by atoms with E-state index in [0.717, 1.165) is 31.8 Å². The summed E-state index contributed by atoms with van der Waals surface area (Å²) in [5, 5.41) is 3.19. The van der Waals surface area contributed by atoms with Crippen molar-refractivity contribution in [2.75, 3.05) is 19.8 Å². The molecule has 0 unspecified atom stereocenters. The Morgan fingerprint density at radius 3 is 3.00 bits per heavy atom. The first-order valence-electron chi connectivity index (χ1n) is 8.39. The van der Waals surface area contributed by atoms with Gasteiger partial charge in [-0.05, 0) is 19.8 Å². The number of aromatic nitrogens is 2. The average Bonchev–Trinajstić information content (AvgIpc) is 3.13. The second kappa shape index (κ2) is 7.13. The Balaban J connectivity index is 1.67. The number of nitrogens with one attached hydrogen (secondary N) is 1. The van der Waals surface area contributed by atoms with Gasteiger partial charge in [0.05, 0.1) is 13.2 Å². The molecule has 2 aliphatic rings. The topological polar surface area (TPSA) is 59.4 Å². The summed E-state index contributed by atoms with van der Waals surface area (Å²) in [6.07, 6.45) is 8.47. The summed E-state index contributed by atoms with van der Waals surface area (Å²) in [5.41, 5.74) is 0. The Bertz CT molecular complexity index is 496. The lowest BCUT2D eigenvalue weighted by molar-refractivity contribution is 0.0910. The van der Waals surface area contributed by atoms with Crippen molar-refractivity contribution in [2.24, 2.45) is 5.92 Å². The fourth-order valence-electron chi connectivity index (χ4n) is 3.42. The number of amides is 2. The van der Waals surface area contributed by atoms with Gasteiger partial charge in [-0.1, -0.05) is 12.8 Å². The van der Waals surface area contributed by atoms with E-state index >= 15 is 0 Å². The maximum absolute atomic E-state index is 12.6. The van der Waals surface area contributed by atoms with Gasteiger partial charge in [0.2, 0.25) is 0 Å². The Morgan fingerprint density at radius 1 is 1.41 bits per heavy atom. The third-order valence-electron chi connectivity index (χ3n) is 4.60. The lowest BCUT2D eigenvalue weighted by atomic mass is 10.1. The molecular formula is C16H26N4O2. The molecule has 1 saturated carbocycles. The molecule has 2 amide bonds. The van der Waals surface area contributed by atoms with Gasteiger partial charge in [0.25, 0.3) is 0 Å². The van der Waals surface area contributed by atoms with Crippen molar-refractivity contribution >= 4 is 6.03 Å². The molecule has 0 saturated heterocycles. The minimum atomic E-state index is 0.0462. The SMILES string of the molecule is CCOC[C@@H]1CN(C(=O)NC2CCCC2)Cc2nccn2C1. The Kier molecular flexibility index (Phi) is 4.97. The van der Waals surface area contributed by atoms with E-state index < -0.39 is 0 Å². The number of imidazole rings is 1. The summed E-state index contributed by atoms with van der Waals surface area (Å²) in [6.45, 7) is 5.56. The maximum Gasteiger partial charge on any atom is 0.318 e. The molecule has 0 bridgehead atoms. The van der Waals surface area contributed by atoms with Crippen LogP contribution in [0.1, 0.15) is 38.4 Å². The van der Waals surface area contributed by atoms with E-state index in [9.17, 15) is 4.79 Å². The van der Waals surface area contributed by atoms with Crippen LogP contribution < -0.4 is 5.32 Å². The third-order valence-corrected chi connectivity index (χ3v) is 4.60. The molecule has 22 heavy (non-hydrogen) atoms. The molecule has 1 aliphatic heterocycles. The first kappa shape index (κ1) is 15.3. The van der Waals surface area contributed by atoms with Crippen LogP contribution in [-0.2, 0) is 17.8 Å². The normalized spacial score (nSPS) is 22.4. The zero-order valence-electron chi connectivity index (χ0n) is 13.3. The average molecular weight is 306 g/mol. The van der Waals surface area contributed by atoms with Crippen molar-refractivity contribution < 1.29 is 9.53 Å². The highest BCUT2D eigenvalue weighted by Crippen LogP contribution is 2.20. The summed E-state index contributed by atoms with van der Waals surface area (Å²) in [6, 6.07) is 0.394. The molecule has 0 radical (unpaired) electrons. The molecule has 6 heteroatoms. The first-order chi connectivity index (χ1) is 10.8. The van der Waals surface area contributed by atoms with Crippen LogP contribution in [-0.4, -0.2) is 46.3 Å². The van der Waals surface area contributed by atoms with E-state index in [0.29, 0.717) is 31.7 Å². The Hall–Kier alpha value is -1.56. The van der Waals surface area contributed by atoms with Crippen molar-refractivity contribution in [2.45, 2.75) is 51.7 Å². The van der Waals surface area contributed by atoms with E-state index in [-0.39, 0.29) is 6.03 Å². The van der Waals surface area contributed by atoms with E-state index in [1.807, 2.05) is 24.2 Å². The summed E-state index contributed by atoms with van der Waals surface area (Å²) >= 11 is 0. The first-order valence-corrected chi connectivity index (χ1v) is 8.39. The molecule has 3 rings (SSSR count). The summed E-state index contributed by atoms with van der Waals surface area (Å²) in [4.78, 5) is 18.9. The number of hydrogen-bond donors (Lipinski definition) is 1. The standard InChI is InChI=1S/C16H26N4O2/c1-2-22-12-13-9-19-8-7-17-15(19)11-20(10-13)16(21)18-14-5-3-4-6-14/h7-8,13-14H,2-6,9-12H2,1H3,(H,18,21)/t13-/m0/s1. The van der Waals surface area contributed by atoms with E-state index in [1.54, 1.807) is 0 Å². The largest absolute Gasteiger partial charge is 0.381 e. The molecule has 1 aromatic rings.